The van der Waals surface area contributed by atoms with Gasteiger partial charge in [-0.1, -0.05) is 0 Å². The molecule has 104 valence electrons. The summed E-state index contributed by atoms with van der Waals surface area (Å²) >= 11 is 0. The predicted molar refractivity (Wildman–Crippen MR) is 70.2 cm³/mol. The molecular weight excluding hydrogens is 230 g/mol. The highest BCUT2D eigenvalue weighted by Gasteiger charge is 2.51. The van der Waals surface area contributed by atoms with E-state index in [9.17, 15) is 4.79 Å². The van der Waals surface area contributed by atoms with Gasteiger partial charge in [0, 0.05) is 38.9 Å². The Morgan fingerprint density at radius 3 is 2.78 bits per heavy atom. The number of nitrogens with one attached hydrogen (secondary N) is 1. The van der Waals surface area contributed by atoms with Crippen molar-refractivity contribution in [3.8, 4) is 0 Å². The summed E-state index contributed by atoms with van der Waals surface area (Å²) in [7, 11) is 1.67. The van der Waals surface area contributed by atoms with E-state index in [1.165, 1.54) is 12.8 Å². The lowest BCUT2D eigenvalue weighted by molar-refractivity contribution is -0.129. The molecule has 0 bridgehead atoms. The van der Waals surface area contributed by atoms with E-state index in [1.54, 1.807) is 7.11 Å². The van der Waals surface area contributed by atoms with Crippen LogP contribution in [-0.4, -0.2) is 55.7 Å². The molecule has 5 nitrogen and oxygen atoms in total. The van der Waals surface area contributed by atoms with Crippen molar-refractivity contribution in [1.82, 2.24) is 10.2 Å². The van der Waals surface area contributed by atoms with Gasteiger partial charge in [-0.3, -0.25) is 9.69 Å². The number of carbonyl (C=O) groups is 1. The number of nitrogens with two attached hydrogens (primary N) is 1. The molecule has 0 aromatic carbocycles. The first kappa shape index (κ1) is 13.8. The van der Waals surface area contributed by atoms with Crippen molar-refractivity contribution < 1.29 is 9.53 Å². The highest BCUT2D eigenvalue weighted by atomic mass is 16.5. The van der Waals surface area contributed by atoms with E-state index in [0.717, 1.165) is 19.5 Å². The Labute approximate surface area is 109 Å². The molecule has 0 radical (unpaired) electrons. The minimum Gasteiger partial charge on any atom is -0.385 e. The number of amides is 1. The molecule has 1 saturated carbocycles. The molecule has 1 saturated heterocycles. The molecule has 3 N–H and O–H groups in total. The predicted octanol–water partition coefficient (Wildman–Crippen LogP) is -0.0493. The standard InChI is InChI=1S/C13H25N3O2/c1-10(12(17)15-6-3-7-18-2)16-8-13(14,9-16)11-4-5-11/h10-11H,3-9,14H2,1-2H3,(H,15,17). The van der Waals surface area contributed by atoms with Gasteiger partial charge in [0.25, 0.3) is 0 Å². The SMILES string of the molecule is COCCCNC(=O)C(C)N1CC(N)(C2CC2)C1. The molecule has 0 aromatic rings. The summed E-state index contributed by atoms with van der Waals surface area (Å²) in [5.74, 6) is 0.801. The van der Waals surface area contributed by atoms with Crippen LogP contribution in [0.2, 0.25) is 0 Å². The summed E-state index contributed by atoms with van der Waals surface area (Å²) in [6.07, 6.45) is 3.39. The topological polar surface area (TPSA) is 67.6 Å². The van der Waals surface area contributed by atoms with E-state index < -0.39 is 0 Å². The van der Waals surface area contributed by atoms with Gasteiger partial charge in [0.2, 0.25) is 5.91 Å². The first-order chi connectivity index (χ1) is 8.57. The molecule has 0 aromatic heterocycles. The number of rotatable bonds is 7. The van der Waals surface area contributed by atoms with Crippen LogP contribution in [0.15, 0.2) is 0 Å². The maximum atomic E-state index is 11.9. The van der Waals surface area contributed by atoms with E-state index in [2.05, 4.69) is 10.2 Å². The first-order valence-corrected chi connectivity index (χ1v) is 6.86. The fourth-order valence-electron chi connectivity index (χ4n) is 2.64. The Morgan fingerprint density at radius 2 is 2.22 bits per heavy atom. The molecule has 0 spiro atoms. The zero-order valence-electron chi connectivity index (χ0n) is 11.4. The summed E-state index contributed by atoms with van der Waals surface area (Å²) in [5, 5.41) is 2.94. The molecular formula is C13H25N3O2. The Bertz CT molecular complexity index is 299. The molecule has 2 rings (SSSR count). The van der Waals surface area contributed by atoms with E-state index in [1.807, 2.05) is 6.92 Å². The number of likely N-dealkylation sites (tertiary alicyclic amines) is 1. The summed E-state index contributed by atoms with van der Waals surface area (Å²) < 4.78 is 4.95. The third-order valence-corrected chi connectivity index (χ3v) is 4.14. The molecule has 1 amide bonds. The van der Waals surface area contributed by atoms with Gasteiger partial charge in [0.15, 0.2) is 0 Å². The van der Waals surface area contributed by atoms with Crippen LogP contribution in [0.4, 0.5) is 0 Å². The molecule has 5 heteroatoms. The van der Waals surface area contributed by atoms with Gasteiger partial charge in [0.05, 0.1) is 6.04 Å². The number of nitrogens with zero attached hydrogens (tertiary/aromatic N) is 1. The van der Waals surface area contributed by atoms with Crippen LogP contribution in [0.3, 0.4) is 0 Å². The molecule has 2 fully saturated rings. The third-order valence-electron chi connectivity index (χ3n) is 4.14. The normalized spacial score (nSPS) is 24.4. The lowest BCUT2D eigenvalue weighted by atomic mass is 9.84. The third kappa shape index (κ3) is 3.02. The van der Waals surface area contributed by atoms with E-state index >= 15 is 0 Å². The second kappa shape index (κ2) is 5.55. The van der Waals surface area contributed by atoms with Crippen molar-refractivity contribution in [3.05, 3.63) is 0 Å². The van der Waals surface area contributed by atoms with Crippen molar-refractivity contribution in [2.45, 2.75) is 37.8 Å². The lowest BCUT2D eigenvalue weighted by Gasteiger charge is -2.50. The minimum atomic E-state index is -0.0667. The van der Waals surface area contributed by atoms with E-state index in [4.69, 9.17) is 10.5 Å². The van der Waals surface area contributed by atoms with Crippen LogP contribution in [0.25, 0.3) is 0 Å². The summed E-state index contributed by atoms with van der Waals surface area (Å²) in [6, 6.07) is -0.0667. The Hall–Kier alpha value is -0.650. The highest BCUT2D eigenvalue weighted by molar-refractivity contribution is 5.81. The first-order valence-electron chi connectivity index (χ1n) is 6.86. The van der Waals surface area contributed by atoms with Crippen LogP contribution < -0.4 is 11.1 Å². The van der Waals surface area contributed by atoms with Crippen LogP contribution in [0, 0.1) is 5.92 Å². The highest BCUT2D eigenvalue weighted by Crippen LogP contribution is 2.43. The number of hydrogen-bond donors (Lipinski definition) is 2. The van der Waals surface area contributed by atoms with Gasteiger partial charge >= 0.3 is 0 Å². The Morgan fingerprint density at radius 1 is 1.56 bits per heavy atom. The average molecular weight is 255 g/mol. The van der Waals surface area contributed by atoms with Crippen molar-refractivity contribution in [3.63, 3.8) is 0 Å². The average Bonchev–Trinajstić information content (AvgIpc) is 3.13. The fourth-order valence-corrected chi connectivity index (χ4v) is 2.64. The molecule has 18 heavy (non-hydrogen) atoms. The van der Waals surface area contributed by atoms with Crippen molar-refractivity contribution in [1.29, 1.82) is 0 Å². The zero-order chi connectivity index (χ0) is 13.2. The molecule has 1 aliphatic carbocycles. The summed E-state index contributed by atoms with van der Waals surface area (Å²) in [6.45, 7) is 5.06. The van der Waals surface area contributed by atoms with Gasteiger partial charge in [-0.2, -0.15) is 0 Å². The Balaban J connectivity index is 1.65. The number of methoxy groups -OCH3 is 1. The van der Waals surface area contributed by atoms with E-state index in [0.29, 0.717) is 19.1 Å². The van der Waals surface area contributed by atoms with Crippen molar-refractivity contribution in [2.75, 3.05) is 33.4 Å². The van der Waals surface area contributed by atoms with Gasteiger partial charge in [-0.15, -0.1) is 0 Å². The molecule has 1 heterocycles. The van der Waals surface area contributed by atoms with Crippen molar-refractivity contribution >= 4 is 5.91 Å². The fraction of sp³-hybridized carbons (Fsp3) is 0.923. The van der Waals surface area contributed by atoms with Crippen LogP contribution >= 0.6 is 0 Å². The zero-order valence-corrected chi connectivity index (χ0v) is 11.4. The van der Waals surface area contributed by atoms with Crippen LogP contribution in [0.1, 0.15) is 26.2 Å². The van der Waals surface area contributed by atoms with Crippen LogP contribution in [-0.2, 0) is 9.53 Å². The maximum absolute atomic E-state index is 11.9. The molecule has 1 unspecified atom stereocenters. The second-order valence-corrected chi connectivity index (χ2v) is 5.73. The largest absolute Gasteiger partial charge is 0.385 e. The minimum absolute atomic E-state index is 0.00933. The molecule has 1 aliphatic heterocycles. The van der Waals surface area contributed by atoms with Crippen LogP contribution in [0.5, 0.6) is 0 Å². The number of ether oxygens (including phenoxy) is 1. The van der Waals surface area contributed by atoms with Gasteiger partial charge < -0.3 is 15.8 Å². The maximum Gasteiger partial charge on any atom is 0.237 e. The molecule has 1 atom stereocenters. The smallest absolute Gasteiger partial charge is 0.237 e. The monoisotopic (exact) mass is 255 g/mol. The summed E-state index contributed by atoms with van der Waals surface area (Å²) in [4.78, 5) is 14.1. The van der Waals surface area contributed by atoms with Crippen molar-refractivity contribution in [2.24, 2.45) is 11.7 Å². The van der Waals surface area contributed by atoms with E-state index in [-0.39, 0.29) is 17.5 Å². The second-order valence-electron chi connectivity index (χ2n) is 5.73. The van der Waals surface area contributed by atoms with Gasteiger partial charge in [0.1, 0.15) is 0 Å². The lowest BCUT2D eigenvalue weighted by Crippen LogP contribution is -2.71. The van der Waals surface area contributed by atoms with Gasteiger partial charge in [-0.25, -0.2) is 0 Å². The quantitative estimate of drug-likeness (QED) is 0.626. The number of hydrogen-bond acceptors (Lipinski definition) is 4. The Kier molecular flexibility index (Phi) is 4.25. The van der Waals surface area contributed by atoms with Gasteiger partial charge in [-0.05, 0) is 32.1 Å². The summed E-state index contributed by atoms with van der Waals surface area (Å²) in [5.41, 5.74) is 6.28. The molecule has 2 aliphatic rings. The number of carbonyl (C=O) groups excluding carboxylic acids is 1.